The van der Waals surface area contributed by atoms with Crippen molar-refractivity contribution in [2.24, 2.45) is 0 Å². The van der Waals surface area contributed by atoms with Crippen LogP contribution in [-0.2, 0) is 6.54 Å². The molecule has 0 aliphatic heterocycles. The third-order valence-electron chi connectivity index (χ3n) is 4.88. The largest absolute Gasteiger partial charge is 0.464 e. The minimum absolute atomic E-state index is 0.0836. The van der Waals surface area contributed by atoms with Crippen molar-refractivity contribution in [2.75, 3.05) is 7.05 Å². The van der Waals surface area contributed by atoms with E-state index in [0.717, 1.165) is 16.2 Å². The number of thiophene rings is 1. The number of H-pyrrole nitrogens is 1. The molecular weight excluding hydrogens is 322 g/mol. The molecule has 126 valence electrons. The molecule has 0 unspecified atom stereocenters. The normalized spacial score (nSPS) is 16.2. The van der Waals surface area contributed by atoms with E-state index in [0.29, 0.717) is 23.7 Å². The summed E-state index contributed by atoms with van der Waals surface area (Å²) >= 11 is 1.49. The van der Waals surface area contributed by atoms with E-state index in [1.807, 2.05) is 17.5 Å². The summed E-state index contributed by atoms with van der Waals surface area (Å²) in [6.45, 7) is 0.684. The van der Waals surface area contributed by atoms with E-state index >= 15 is 0 Å². The van der Waals surface area contributed by atoms with Crippen molar-refractivity contribution in [1.82, 2.24) is 14.9 Å². The van der Waals surface area contributed by atoms with E-state index in [4.69, 9.17) is 4.42 Å². The zero-order valence-electron chi connectivity index (χ0n) is 13.7. The third-order valence-corrected chi connectivity index (χ3v) is 5.75. The van der Waals surface area contributed by atoms with Gasteiger partial charge < -0.3 is 9.40 Å². The van der Waals surface area contributed by atoms with Crippen LogP contribution >= 0.6 is 11.3 Å². The molecule has 5 nitrogen and oxygen atoms in total. The van der Waals surface area contributed by atoms with Crippen molar-refractivity contribution in [3.05, 3.63) is 40.0 Å². The number of nitrogens with zero attached hydrogens (tertiary/aromatic N) is 2. The molecule has 4 rings (SSSR count). The van der Waals surface area contributed by atoms with Gasteiger partial charge in [0, 0.05) is 17.0 Å². The van der Waals surface area contributed by atoms with Crippen LogP contribution < -0.4 is 5.56 Å². The van der Waals surface area contributed by atoms with Gasteiger partial charge in [-0.05, 0) is 32.0 Å². The molecule has 3 heterocycles. The highest BCUT2D eigenvalue weighted by molar-refractivity contribution is 7.17. The average Bonchev–Trinajstić information content (AvgIpc) is 3.24. The second kappa shape index (κ2) is 6.53. The standard InChI is InChI=1S/C18H21N3O2S/c1-21(12-6-3-2-4-7-12)10-15-19-17(22)16-13(11-24-18(16)20-15)14-8-5-9-23-14/h5,8-9,11-12H,2-4,6-7,10H2,1H3,(H,19,20,22). The van der Waals surface area contributed by atoms with Gasteiger partial charge in [-0.15, -0.1) is 11.3 Å². The summed E-state index contributed by atoms with van der Waals surface area (Å²) in [7, 11) is 2.13. The molecule has 3 aromatic rings. The van der Waals surface area contributed by atoms with E-state index in [1.165, 1.54) is 43.4 Å². The lowest BCUT2D eigenvalue weighted by molar-refractivity contribution is 0.181. The number of hydrogen-bond donors (Lipinski definition) is 1. The topological polar surface area (TPSA) is 62.1 Å². The van der Waals surface area contributed by atoms with Gasteiger partial charge in [0.05, 0.1) is 18.2 Å². The monoisotopic (exact) mass is 343 g/mol. The lowest BCUT2D eigenvalue weighted by Gasteiger charge is -2.30. The SMILES string of the molecule is CN(Cc1nc2scc(-c3ccco3)c2c(=O)[nH]1)C1CCCCC1. The first-order valence-corrected chi connectivity index (χ1v) is 9.35. The van der Waals surface area contributed by atoms with E-state index in [1.54, 1.807) is 6.26 Å². The maximum atomic E-state index is 12.6. The number of aromatic nitrogens is 2. The lowest BCUT2D eigenvalue weighted by atomic mass is 9.94. The number of hydrogen-bond acceptors (Lipinski definition) is 5. The van der Waals surface area contributed by atoms with Gasteiger partial charge in [-0.3, -0.25) is 9.69 Å². The van der Waals surface area contributed by atoms with Gasteiger partial charge in [-0.1, -0.05) is 19.3 Å². The Morgan fingerprint density at radius 3 is 2.96 bits per heavy atom. The van der Waals surface area contributed by atoms with Gasteiger partial charge in [-0.25, -0.2) is 4.98 Å². The Balaban J connectivity index is 1.63. The highest BCUT2D eigenvalue weighted by Gasteiger charge is 2.20. The predicted octanol–water partition coefficient (Wildman–Crippen LogP) is 4.01. The Morgan fingerprint density at radius 2 is 2.21 bits per heavy atom. The van der Waals surface area contributed by atoms with E-state index in [-0.39, 0.29) is 5.56 Å². The Hall–Kier alpha value is -1.92. The van der Waals surface area contributed by atoms with Crippen LogP contribution in [0.1, 0.15) is 37.9 Å². The van der Waals surface area contributed by atoms with Gasteiger partial charge in [0.15, 0.2) is 0 Å². The summed E-state index contributed by atoms with van der Waals surface area (Å²) in [6, 6.07) is 4.29. The summed E-state index contributed by atoms with van der Waals surface area (Å²) in [6.07, 6.45) is 8.05. The fraction of sp³-hybridized carbons (Fsp3) is 0.444. The van der Waals surface area contributed by atoms with Crippen LogP contribution in [0, 0.1) is 0 Å². The third kappa shape index (κ3) is 2.91. The number of fused-ring (bicyclic) bond motifs is 1. The summed E-state index contributed by atoms with van der Waals surface area (Å²) in [5.41, 5.74) is 0.737. The Labute approximate surface area is 144 Å². The second-order valence-corrected chi connectivity index (χ2v) is 7.38. The molecule has 0 bridgehead atoms. The summed E-state index contributed by atoms with van der Waals surface area (Å²) in [5, 5.41) is 2.57. The van der Waals surface area contributed by atoms with Crippen LogP contribution in [-0.4, -0.2) is 28.0 Å². The molecule has 1 N–H and O–H groups in total. The van der Waals surface area contributed by atoms with Crippen molar-refractivity contribution in [3.63, 3.8) is 0 Å². The molecule has 6 heteroatoms. The molecule has 0 radical (unpaired) electrons. The average molecular weight is 343 g/mol. The van der Waals surface area contributed by atoms with Gasteiger partial charge >= 0.3 is 0 Å². The Kier molecular flexibility index (Phi) is 4.24. The first-order chi connectivity index (χ1) is 11.7. The number of aromatic amines is 1. The minimum Gasteiger partial charge on any atom is -0.464 e. The molecule has 24 heavy (non-hydrogen) atoms. The number of rotatable bonds is 4. The van der Waals surface area contributed by atoms with Crippen LogP contribution in [0.25, 0.3) is 21.5 Å². The predicted molar refractivity (Wildman–Crippen MR) is 96.3 cm³/mol. The van der Waals surface area contributed by atoms with Crippen molar-refractivity contribution in [3.8, 4) is 11.3 Å². The van der Waals surface area contributed by atoms with Gasteiger partial charge in [0.2, 0.25) is 0 Å². The van der Waals surface area contributed by atoms with Crippen LogP contribution in [0.15, 0.2) is 33.0 Å². The molecular formula is C18H21N3O2S. The first-order valence-electron chi connectivity index (χ1n) is 8.47. The quantitative estimate of drug-likeness (QED) is 0.777. The molecule has 1 saturated carbocycles. The van der Waals surface area contributed by atoms with Crippen LogP contribution in [0.2, 0.25) is 0 Å². The van der Waals surface area contributed by atoms with Crippen LogP contribution in [0.4, 0.5) is 0 Å². The Bertz CT molecular complexity index is 875. The molecule has 0 saturated heterocycles. The zero-order valence-corrected chi connectivity index (χ0v) is 14.6. The minimum atomic E-state index is -0.0836. The molecule has 0 atom stereocenters. The van der Waals surface area contributed by atoms with Crippen molar-refractivity contribution >= 4 is 21.6 Å². The maximum absolute atomic E-state index is 12.6. The highest BCUT2D eigenvalue weighted by Crippen LogP contribution is 2.31. The van der Waals surface area contributed by atoms with Crippen LogP contribution in [0.5, 0.6) is 0 Å². The molecule has 1 aliphatic carbocycles. The maximum Gasteiger partial charge on any atom is 0.260 e. The van der Waals surface area contributed by atoms with Crippen molar-refractivity contribution in [1.29, 1.82) is 0 Å². The molecule has 0 amide bonds. The van der Waals surface area contributed by atoms with Crippen molar-refractivity contribution in [2.45, 2.75) is 44.7 Å². The zero-order chi connectivity index (χ0) is 16.5. The van der Waals surface area contributed by atoms with Gasteiger partial charge in [0.25, 0.3) is 5.56 Å². The highest BCUT2D eigenvalue weighted by atomic mass is 32.1. The molecule has 1 aliphatic rings. The smallest absolute Gasteiger partial charge is 0.260 e. The second-order valence-electron chi connectivity index (χ2n) is 6.53. The van der Waals surface area contributed by atoms with Gasteiger partial charge in [-0.2, -0.15) is 0 Å². The summed E-state index contributed by atoms with van der Waals surface area (Å²) in [5.74, 6) is 1.45. The van der Waals surface area contributed by atoms with Crippen LogP contribution in [0.3, 0.4) is 0 Å². The first kappa shape index (κ1) is 15.6. The lowest BCUT2D eigenvalue weighted by Crippen LogP contribution is -2.34. The summed E-state index contributed by atoms with van der Waals surface area (Å²) < 4.78 is 5.43. The molecule has 0 aromatic carbocycles. The van der Waals surface area contributed by atoms with Gasteiger partial charge in [0.1, 0.15) is 16.4 Å². The van der Waals surface area contributed by atoms with E-state index in [2.05, 4.69) is 21.9 Å². The van der Waals surface area contributed by atoms with E-state index in [9.17, 15) is 4.79 Å². The molecule has 1 fully saturated rings. The fourth-order valence-corrected chi connectivity index (χ4v) is 4.52. The number of furan rings is 1. The Morgan fingerprint density at radius 1 is 1.38 bits per heavy atom. The molecule has 3 aromatic heterocycles. The number of nitrogens with one attached hydrogen (secondary N) is 1. The summed E-state index contributed by atoms with van der Waals surface area (Å²) in [4.78, 5) is 23.3. The van der Waals surface area contributed by atoms with Crippen molar-refractivity contribution < 1.29 is 4.42 Å². The fourth-order valence-electron chi connectivity index (χ4n) is 3.57. The molecule has 0 spiro atoms. The van der Waals surface area contributed by atoms with E-state index < -0.39 is 0 Å².